The molecule has 1 aliphatic rings. The van der Waals surface area contributed by atoms with Crippen molar-refractivity contribution < 1.29 is 14.7 Å². The number of aromatic carboxylic acids is 1. The molecule has 6 heteroatoms. The molecule has 3 aromatic carbocycles. The van der Waals surface area contributed by atoms with E-state index in [9.17, 15) is 14.7 Å². The number of ketones is 1. The fraction of sp³-hybridized carbons (Fsp3) is 0.259. The van der Waals surface area contributed by atoms with E-state index >= 15 is 0 Å². The zero-order chi connectivity index (χ0) is 23.2. The minimum atomic E-state index is -1.37. The Hall–Kier alpha value is -3.48. The minimum Gasteiger partial charge on any atom is -0.545 e. The molecule has 0 unspecified atom stereocenters. The van der Waals surface area contributed by atoms with Crippen molar-refractivity contribution in [3.63, 3.8) is 0 Å². The van der Waals surface area contributed by atoms with Crippen LogP contribution in [0.15, 0.2) is 78.9 Å². The Morgan fingerprint density at radius 1 is 0.788 bits per heavy atom. The lowest BCUT2D eigenvalue weighted by Crippen LogP contribution is -2.48. The Balaban J connectivity index is 1.38. The summed E-state index contributed by atoms with van der Waals surface area (Å²) in [5, 5.41) is 11.2. The van der Waals surface area contributed by atoms with Crippen LogP contribution in [0.2, 0.25) is 0 Å². The molecule has 0 radical (unpaired) electrons. The van der Waals surface area contributed by atoms with E-state index in [1.54, 1.807) is 6.07 Å². The van der Waals surface area contributed by atoms with E-state index < -0.39 is 5.97 Å². The van der Waals surface area contributed by atoms with Gasteiger partial charge in [-0.05, 0) is 17.2 Å². The van der Waals surface area contributed by atoms with Crippen LogP contribution >= 0.6 is 0 Å². The summed E-state index contributed by atoms with van der Waals surface area (Å²) in [6, 6.07) is 25.7. The second kappa shape index (κ2) is 10.4. The molecule has 4 rings (SSSR count). The Bertz CT molecular complexity index is 1050. The zero-order valence-electron chi connectivity index (χ0n) is 18.5. The number of para-hydroxylation sites is 1. The topological polar surface area (TPSA) is 89.7 Å². The number of anilines is 1. The smallest absolute Gasteiger partial charge is 0.166 e. The predicted octanol–water partition coefficient (Wildman–Crippen LogP) is 2.61. The molecule has 0 spiro atoms. The van der Waals surface area contributed by atoms with Crippen LogP contribution in [0, 0.1) is 0 Å². The number of carbonyl (C=O) groups is 2. The third-order valence-corrected chi connectivity index (χ3v) is 6.28. The second-order valence-corrected chi connectivity index (χ2v) is 8.33. The average Bonchev–Trinajstić information content (AvgIpc) is 2.85. The fourth-order valence-electron chi connectivity index (χ4n) is 4.51. The van der Waals surface area contributed by atoms with E-state index in [2.05, 4.69) is 58.3 Å². The molecule has 6 nitrogen and oxygen atoms in total. The van der Waals surface area contributed by atoms with E-state index in [0.29, 0.717) is 13.0 Å². The van der Waals surface area contributed by atoms with Gasteiger partial charge in [0.15, 0.2) is 5.78 Å². The first kappa shape index (κ1) is 22.7. The highest BCUT2D eigenvalue weighted by molar-refractivity contribution is 6.05. The molecule has 33 heavy (non-hydrogen) atoms. The summed E-state index contributed by atoms with van der Waals surface area (Å²) in [4.78, 5) is 28.6. The molecule has 2 N–H and O–H groups in total. The van der Waals surface area contributed by atoms with Crippen molar-refractivity contribution in [2.24, 2.45) is 0 Å². The van der Waals surface area contributed by atoms with Gasteiger partial charge in [-0.15, -0.1) is 0 Å². The number of nitrogen functional groups attached to an aromatic ring is 1. The molecule has 0 bridgehead atoms. The first-order valence-electron chi connectivity index (χ1n) is 11.2. The van der Waals surface area contributed by atoms with Gasteiger partial charge in [-0.1, -0.05) is 72.8 Å². The summed E-state index contributed by atoms with van der Waals surface area (Å²) in [6.45, 7) is 4.12. The van der Waals surface area contributed by atoms with Crippen LogP contribution in [0.5, 0.6) is 0 Å². The summed E-state index contributed by atoms with van der Waals surface area (Å²) in [5.74, 6) is -1.52. The van der Waals surface area contributed by atoms with Gasteiger partial charge in [-0.3, -0.25) is 9.69 Å². The molecule has 1 fully saturated rings. The third-order valence-electron chi connectivity index (χ3n) is 6.28. The lowest BCUT2D eigenvalue weighted by atomic mass is 9.96. The number of piperazine rings is 1. The van der Waals surface area contributed by atoms with Gasteiger partial charge in [0.25, 0.3) is 0 Å². The van der Waals surface area contributed by atoms with Gasteiger partial charge in [-0.25, -0.2) is 0 Å². The van der Waals surface area contributed by atoms with E-state index in [1.807, 2.05) is 12.1 Å². The third kappa shape index (κ3) is 5.30. The van der Waals surface area contributed by atoms with Gasteiger partial charge in [0.1, 0.15) is 0 Å². The van der Waals surface area contributed by atoms with Crippen LogP contribution in [0.3, 0.4) is 0 Å². The maximum Gasteiger partial charge on any atom is 0.166 e. The number of carboxylic acids is 1. The molecule has 0 aromatic heterocycles. The van der Waals surface area contributed by atoms with Gasteiger partial charge in [0.2, 0.25) is 0 Å². The number of hydrogen-bond acceptors (Lipinski definition) is 6. The highest BCUT2D eigenvalue weighted by Crippen LogP contribution is 2.29. The molecular weight excluding hydrogens is 414 g/mol. The maximum absolute atomic E-state index is 12.7. The number of carboxylic acid groups (broad SMARTS) is 1. The van der Waals surface area contributed by atoms with Crippen LogP contribution in [0.4, 0.5) is 5.69 Å². The average molecular weight is 443 g/mol. The highest BCUT2D eigenvalue weighted by Gasteiger charge is 2.26. The lowest BCUT2D eigenvalue weighted by Gasteiger charge is -2.39. The van der Waals surface area contributed by atoms with Crippen LogP contribution in [-0.2, 0) is 0 Å². The minimum absolute atomic E-state index is 0.0131. The van der Waals surface area contributed by atoms with Crippen molar-refractivity contribution in [3.8, 4) is 0 Å². The van der Waals surface area contributed by atoms with Gasteiger partial charge >= 0.3 is 0 Å². The molecule has 0 amide bonds. The van der Waals surface area contributed by atoms with Crippen molar-refractivity contribution in [2.75, 3.05) is 38.5 Å². The molecule has 1 saturated heterocycles. The predicted molar refractivity (Wildman–Crippen MR) is 127 cm³/mol. The van der Waals surface area contributed by atoms with Gasteiger partial charge < -0.3 is 20.5 Å². The molecular formula is C27H28N3O3-. The van der Waals surface area contributed by atoms with Gasteiger partial charge in [0, 0.05) is 50.3 Å². The maximum atomic E-state index is 12.7. The number of rotatable bonds is 8. The number of Topliss-reactive ketones (excluding diaryl/α,β-unsaturated/α-hetero) is 1. The Labute approximate surface area is 194 Å². The normalized spacial score (nSPS) is 14.9. The number of carbonyl (C=O) groups excluding carboxylic acids is 2. The standard InChI is InChI=1S/C27H29N3O3/c28-25-22(12-7-13-23(25)27(32)33)24(31)14-15-29-16-18-30(19-17-29)26(20-8-3-1-4-9-20)21-10-5-2-6-11-21/h1-13,26H,14-19,28H2,(H,32,33)/p-1. The molecule has 3 aromatic rings. The number of benzene rings is 3. The lowest BCUT2D eigenvalue weighted by molar-refractivity contribution is -0.254. The summed E-state index contributed by atoms with van der Waals surface area (Å²) in [6.07, 6.45) is 0.293. The number of nitrogens with zero attached hydrogens (tertiary/aromatic N) is 2. The van der Waals surface area contributed by atoms with Gasteiger partial charge in [-0.2, -0.15) is 0 Å². The van der Waals surface area contributed by atoms with E-state index in [-0.39, 0.29) is 28.6 Å². The quantitative estimate of drug-likeness (QED) is 0.426. The Morgan fingerprint density at radius 2 is 1.33 bits per heavy atom. The van der Waals surface area contributed by atoms with Crippen molar-refractivity contribution in [2.45, 2.75) is 12.5 Å². The summed E-state index contributed by atoms with van der Waals surface area (Å²) in [7, 11) is 0. The summed E-state index contributed by atoms with van der Waals surface area (Å²) >= 11 is 0. The molecule has 0 aliphatic carbocycles. The SMILES string of the molecule is Nc1c(C(=O)[O-])cccc1C(=O)CCN1CCN(C(c2ccccc2)c2ccccc2)CC1. The number of nitrogens with two attached hydrogens (primary N) is 1. The van der Waals surface area contributed by atoms with Crippen molar-refractivity contribution in [1.82, 2.24) is 9.80 Å². The highest BCUT2D eigenvalue weighted by atomic mass is 16.4. The summed E-state index contributed by atoms with van der Waals surface area (Å²) < 4.78 is 0. The first-order chi connectivity index (χ1) is 16.0. The van der Waals surface area contributed by atoms with Crippen LogP contribution in [0.25, 0.3) is 0 Å². The first-order valence-corrected chi connectivity index (χ1v) is 11.2. The monoisotopic (exact) mass is 442 g/mol. The second-order valence-electron chi connectivity index (χ2n) is 8.33. The number of hydrogen-bond donors (Lipinski definition) is 1. The molecule has 1 aliphatic heterocycles. The van der Waals surface area contributed by atoms with Crippen molar-refractivity contribution in [1.29, 1.82) is 0 Å². The largest absolute Gasteiger partial charge is 0.545 e. The van der Waals surface area contributed by atoms with E-state index in [1.165, 1.54) is 23.3 Å². The van der Waals surface area contributed by atoms with E-state index in [4.69, 9.17) is 5.73 Å². The van der Waals surface area contributed by atoms with Crippen LogP contribution in [-0.4, -0.2) is 54.3 Å². The van der Waals surface area contributed by atoms with Crippen molar-refractivity contribution in [3.05, 3.63) is 101 Å². The molecule has 170 valence electrons. The molecule has 0 atom stereocenters. The Morgan fingerprint density at radius 3 is 1.88 bits per heavy atom. The zero-order valence-corrected chi connectivity index (χ0v) is 18.5. The van der Waals surface area contributed by atoms with Gasteiger partial charge in [0.05, 0.1) is 17.7 Å². The summed E-state index contributed by atoms with van der Waals surface area (Å²) in [5.41, 5.74) is 8.54. The molecule has 1 heterocycles. The van der Waals surface area contributed by atoms with Crippen LogP contribution in [0.1, 0.15) is 44.3 Å². The Kier molecular flexibility index (Phi) is 7.17. The fourth-order valence-corrected chi connectivity index (χ4v) is 4.51. The van der Waals surface area contributed by atoms with Crippen molar-refractivity contribution >= 4 is 17.4 Å². The molecule has 0 saturated carbocycles. The van der Waals surface area contributed by atoms with E-state index in [0.717, 1.165) is 26.2 Å². The van der Waals surface area contributed by atoms with Crippen LogP contribution < -0.4 is 10.8 Å².